The number of rotatable bonds is 5. The van der Waals surface area contributed by atoms with Gasteiger partial charge < -0.3 is 14.8 Å². The van der Waals surface area contributed by atoms with Crippen molar-refractivity contribution in [2.45, 2.75) is 13.0 Å². The molecule has 0 radical (unpaired) electrons. The van der Waals surface area contributed by atoms with Gasteiger partial charge in [0.1, 0.15) is 0 Å². The molecule has 0 spiro atoms. The van der Waals surface area contributed by atoms with Crippen molar-refractivity contribution in [3.8, 4) is 11.5 Å². The van der Waals surface area contributed by atoms with Crippen molar-refractivity contribution < 1.29 is 9.47 Å². The number of methoxy groups -OCH3 is 2. The van der Waals surface area contributed by atoms with Gasteiger partial charge in [0.25, 0.3) is 0 Å². The van der Waals surface area contributed by atoms with Crippen LogP contribution in [0.2, 0.25) is 0 Å². The monoisotopic (exact) mass is 221 g/mol. The largest absolute Gasteiger partial charge is 0.493 e. The molecule has 0 aromatic heterocycles. The molecule has 1 unspecified atom stereocenters. The summed E-state index contributed by atoms with van der Waals surface area (Å²) in [6, 6.07) is 6.02. The summed E-state index contributed by atoms with van der Waals surface area (Å²) in [5.74, 6) is 1.48. The van der Waals surface area contributed by atoms with Crippen LogP contribution in [0.25, 0.3) is 0 Å². The smallest absolute Gasteiger partial charge is 0.161 e. The van der Waals surface area contributed by atoms with Crippen LogP contribution in [0.3, 0.4) is 0 Å². The molecule has 0 aliphatic heterocycles. The number of benzene rings is 1. The van der Waals surface area contributed by atoms with E-state index in [9.17, 15) is 0 Å². The number of hydrogen-bond donors (Lipinski definition) is 1. The highest BCUT2D eigenvalue weighted by Crippen LogP contribution is 2.31. The minimum atomic E-state index is 0.139. The number of hydrogen-bond acceptors (Lipinski definition) is 3. The first-order valence-corrected chi connectivity index (χ1v) is 5.18. The Morgan fingerprint density at radius 1 is 1.25 bits per heavy atom. The van der Waals surface area contributed by atoms with E-state index in [4.69, 9.17) is 9.47 Å². The molecule has 1 aromatic rings. The maximum Gasteiger partial charge on any atom is 0.161 e. The standard InChI is InChI=1S/C13H19NO2/c1-9(2)13(14-3)10-6-7-11(15-4)12(8-10)16-5/h6-8,13-14H,1H2,2-5H3. The molecule has 1 rings (SSSR count). The van der Waals surface area contributed by atoms with Gasteiger partial charge in [0.2, 0.25) is 0 Å². The molecular formula is C13H19NO2. The second kappa shape index (κ2) is 5.56. The van der Waals surface area contributed by atoms with Gasteiger partial charge >= 0.3 is 0 Å². The molecule has 1 aromatic carbocycles. The lowest BCUT2D eigenvalue weighted by Crippen LogP contribution is -2.17. The Hall–Kier alpha value is -1.48. The molecule has 1 N–H and O–H groups in total. The zero-order valence-electron chi connectivity index (χ0n) is 10.3. The van der Waals surface area contributed by atoms with Crippen molar-refractivity contribution in [1.82, 2.24) is 5.32 Å². The van der Waals surface area contributed by atoms with Gasteiger partial charge in [-0.1, -0.05) is 18.2 Å². The molecular weight excluding hydrogens is 202 g/mol. The van der Waals surface area contributed by atoms with Crippen molar-refractivity contribution in [3.05, 3.63) is 35.9 Å². The highest BCUT2D eigenvalue weighted by atomic mass is 16.5. The summed E-state index contributed by atoms with van der Waals surface area (Å²) < 4.78 is 10.5. The van der Waals surface area contributed by atoms with Gasteiger partial charge in [0.15, 0.2) is 11.5 Å². The fraction of sp³-hybridized carbons (Fsp3) is 0.385. The molecule has 16 heavy (non-hydrogen) atoms. The van der Waals surface area contributed by atoms with E-state index in [0.717, 1.165) is 22.6 Å². The second-order valence-electron chi connectivity index (χ2n) is 3.68. The maximum absolute atomic E-state index is 5.27. The Labute approximate surface area is 97.1 Å². The van der Waals surface area contributed by atoms with Gasteiger partial charge in [0.05, 0.1) is 20.3 Å². The summed E-state index contributed by atoms with van der Waals surface area (Å²) in [6.07, 6.45) is 0. The van der Waals surface area contributed by atoms with Crippen LogP contribution in [0.4, 0.5) is 0 Å². The van der Waals surface area contributed by atoms with E-state index in [0.29, 0.717) is 0 Å². The van der Waals surface area contributed by atoms with Crippen LogP contribution in [-0.4, -0.2) is 21.3 Å². The third-order valence-electron chi connectivity index (χ3n) is 2.52. The molecule has 3 heteroatoms. The molecule has 0 saturated carbocycles. The average Bonchev–Trinajstić information content (AvgIpc) is 2.29. The number of nitrogens with one attached hydrogen (secondary N) is 1. The lowest BCUT2D eigenvalue weighted by Gasteiger charge is -2.18. The van der Waals surface area contributed by atoms with Crippen molar-refractivity contribution in [3.63, 3.8) is 0 Å². The van der Waals surface area contributed by atoms with E-state index in [1.807, 2.05) is 32.2 Å². The normalized spacial score (nSPS) is 12.0. The average molecular weight is 221 g/mol. The third kappa shape index (κ3) is 2.55. The van der Waals surface area contributed by atoms with Gasteiger partial charge in [-0.2, -0.15) is 0 Å². The zero-order valence-corrected chi connectivity index (χ0v) is 10.3. The topological polar surface area (TPSA) is 30.5 Å². The van der Waals surface area contributed by atoms with Crippen LogP contribution in [0.5, 0.6) is 11.5 Å². The fourth-order valence-electron chi connectivity index (χ4n) is 1.73. The molecule has 88 valence electrons. The van der Waals surface area contributed by atoms with Crippen LogP contribution in [0.15, 0.2) is 30.4 Å². The minimum Gasteiger partial charge on any atom is -0.493 e. The molecule has 0 aliphatic rings. The van der Waals surface area contributed by atoms with E-state index in [2.05, 4.69) is 11.9 Å². The first-order valence-electron chi connectivity index (χ1n) is 5.18. The summed E-state index contributed by atoms with van der Waals surface area (Å²) in [7, 11) is 5.18. The van der Waals surface area contributed by atoms with E-state index < -0.39 is 0 Å². The molecule has 1 atom stereocenters. The van der Waals surface area contributed by atoms with Crippen LogP contribution >= 0.6 is 0 Å². The lowest BCUT2D eigenvalue weighted by molar-refractivity contribution is 0.354. The van der Waals surface area contributed by atoms with Crippen molar-refractivity contribution in [2.24, 2.45) is 0 Å². The van der Waals surface area contributed by atoms with E-state index >= 15 is 0 Å². The van der Waals surface area contributed by atoms with E-state index in [1.54, 1.807) is 14.2 Å². The molecule has 0 aliphatic carbocycles. The minimum absolute atomic E-state index is 0.139. The van der Waals surface area contributed by atoms with E-state index in [1.165, 1.54) is 0 Å². The van der Waals surface area contributed by atoms with Crippen LogP contribution in [-0.2, 0) is 0 Å². The first kappa shape index (κ1) is 12.6. The Morgan fingerprint density at radius 3 is 2.31 bits per heavy atom. The van der Waals surface area contributed by atoms with Gasteiger partial charge in [-0.05, 0) is 31.7 Å². The fourth-order valence-corrected chi connectivity index (χ4v) is 1.73. The number of ether oxygens (including phenoxy) is 2. The third-order valence-corrected chi connectivity index (χ3v) is 2.52. The van der Waals surface area contributed by atoms with Gasteiger partial charge in [0, 0.05) is 0 Å². The highest BCUT2D eigenvalue weighted by molar-refractivity contribution is 5.45. The lowest BCUT2D eigenvalue weighted by atomic mass is 10.0. The molecule has 0 bridgehead atoms. The van der Waals surface area contributed by atoms with Gasteiger partial charge in [-0.15, -0.1) is 0 Å². The summed E-state index contributed by atoms with van der Waals surface area (Å²) in [4.78, 5) is 0. The summed E-state index contributed by atoms with van der Waals surface area (Å²) in [5.41, 5.74) is 2.18. The van der Waals surface area contributed by atoms with Gasteiger partial charge in [-0.25, -0.2) is 0 Å². The second-order valence-corrected chi connectivity index (χ2v) is 3.68. The van der Waals surface area contributed by atoms with Crippen molar-refractivity contribution in [2.75, 3.05) is 21.3 Å². The maximum atomic E-state index is 5.27. The van der Waals surface area contributed by atoms with Crippen LogP contribution < -0.4 is 14.8 Å². The first-order chi connectivity index (χ1) is 7.63. The summed E-state index contributed by atoms with van der Waals surface area (Å²) in [5, 5.41) is 3.21. The van der Waals surface area contributed by atoms with E-state index in [-0.39, 0.29) is 6.04 Å². The molecule has 3 nitrogen and oxygen atoms in total. The van der Waals surface area contributed by atoms with Crippen molar-refractivity contribution in [1.29, 1.82) is 0 Å². The predicted molar refractivity (Wildman–Crippen MR) is 66.2 cm³/mol. The Kier molecular flexibility index (Phi) is 4.38. The molecule has 0 saturated heterocycles. The highest BCUT2D eigenvalue weighted by Gasteiger charge is 2.12. The van der Waals surface area contributed by atoms with Crippen molar-refractivity contribution >= 4 is 0 Å². The SMILES string of the molecule is C=C(C)C(NC)c1ccc(OC)c(OC)c1. The summed E-state index contributed by atoms with van der Waals surface area (Å²) in [6.45, 7) is 5.96. The zero-order chi connectivity index (χ0) is 12.1. The Balaban J connectivity index is 3.11. The Morgan fingerprint density at radius 2 is 1.88 bits per heavy atom. The molecule has 0 amide bonds. The van der Waals surface area contributed by atoms with Gasteiger partial charge in [-0.3, -0.25) is 0 Å². The predicted octanol–water partition coefficient (Wildman–Crippen LogP) is 2.54. The van der Waals surface area contributed by atoms with Crippen LogP contribution in [0.1, 0.15) is 18.5 Å². The number of likely N-dealkylation sites (N-methyl/N-ethyl adjacent to an activating group) is 1. The van der Waals surface area contributed by atoms with Crippen LogP contribution in [0, 0.1) is 0 Å². The Bertz CT molecular complexity index is 374. The summed E-state index contributed by atoms with van der Waals surface area (Å²) >= 11 is 0. The molecule has 0 fully saturated rings. The molecule has 0 heterocycles. The quantitative estimate of drug-likeness (QED) is 0.775.